The van der Waals surface area contributed by atoms with Gasteiger partial charge in [0.2, 0.25) is 0 Å². The zero-order valence-electron chi connectivity index (χ0n) is 16.2. The van der Waals surface area contributed by atoms with Crippen LogP contribution >= 0.6 is 0 Å². The molecule has 1 saturated heterocycles. The molecule has 2 rings (SSSR count). The maximum absolute atomic E-state index is 13.9. The Morgan fingerprint density at radius 3 is 2.67 bits per heavy atom. The standard InChI is InChI=1S/C17H26FN3O6/c1-6-25-14(22)13(18)27-21-11-7-10(2)12(20(9-11)16(21)24)8-19-15(23)26-17(3,4)5/h7,11-13H,6,8-9H2,1-5H3,(H,19,23)/t11-,12-,13-/m1/s1. The number of fused-ring (bicyclic) bond motifs is 2. The van der Waals surface area contributed by atoms with Crippen molar-refractivity contribution in [3.8, 4) is 0 Å². The number of hydroxylamine groups is 2. The summed E-state index contributed by atoms with van der Waals surface area (Å²) in [6.45, 7) is 8.99. The number of alkyl halides is 1. The van der Waals surface area contributed by atoms with Gasteiger partial charge in [-0.25, -0.2) is 23.6 Å². The van der Waals surface area contributed by atoms with Gasteiger partial charge < -0.3 is 19.7 Å². The SMILES string of the molecule is CCOC(=O)[C@H](F)ON1C(=O)N2C[C@H]1C=C(C)[C@H]2CNC(=O)OC(C)(C)C. The molecule has 10 heteroatoms. The molecular weight excluding hydrogens is 361 g/mol. The highest BCUT2D eigenvalue weighted by atomic mass is 19.1. The maximum Gasteiger partial charge on any atom is 0.407 e. The average molecular weight is 387 g/mol. The van der Waals surface area contributed by atoms with Gasteiger partial charge in [-0.2, -0.15) is 5.06 Å². The van der Waals surface area contributed by atoms with Crippen LogP contribution in [0.3, 0.4) is 0 Å². The number of nitrogens with one attached hydrogen (secondary N) is 1. The first kappa shape index (κ1) is 20.9. The minimum Gasteiger partial charge on any atom is -0.462 e. The zero-order chi connectivity index (χ0) is 20.4. The highest BCUT2D eigenvalue weighted by molar-refractivity contribution is 5.79. The highest BCUT2D eigenvalue weighted by Gasteiger charge is 2.46. The Bertz CT molecular complexity index is 633. The Morgan fingerprint density at radius 1 is 1.41 bits per heavy atom. The van der Waals surface area contributed by atoms with E-state index in [1.165, 1.54) is 4.90 Å². The van der Waals surface area contributed by atoms with Gasteiger partial charge in [-0.15, -0.1) is 0 Å². The van der Waals surface area contributed by atoms with Crippen LogP contribution < -0.4 is 5.32 Å². The summed E-state index contributed by atoms with van der Waals surface area (Å²) in [6, 6.07) is -1.53. The fourth-order valence-corrected chi connectivity index (χ4v) is 2.90. The summed E-state index contributed by atoms with van der Waals surface area (Å²) in [7, 11) is 0. The minimum absolute atomic E-state index is 0.00351. The topological polar surface area (TPSA) is 97.4 Å². The summed E-state index contributed by atoms with van der Waals surface area (Å²) in [5.74, 6) is -1.19. The lowest BCUT2D eigenvalue weighted by molar-refractivity contribution is -0.223. The molecule has 0 saturated carbocycles. The van der Waals surface area contributed by atoms with Gasteiger partial charge >= 0.3 is 24.5 Å². The molecule has 0 radical (unpaired) electrons. The molecular formula is C17H26FN3O6. The van der Waals surface area contributed by atoms with Crippen LogP contribution in [0.25, 0.3) is 0 Å². The van der Waals surface area contributed by atoms with Gasteiger partial charge in [-0.3, -0.25) is 0 Å². The van der Waals surface area contributed by atoms with Crippen LogP contribution in [0.5, 0.6) is 0 Å². The van der Waals surface area contributed by atoms with E-state index in [2.05, 4.69) is 10.1 Å². The van der Waals surface area contributed by atoms with Crippen LogP contribution in [-0.2, 0) is 19.1 Å². The van der Waals surface area contributed by atoms with Gasteiger partial charge in [0, 0.05) is 13.1 Å². The summed E-state index contributed by atoms with van der Waals surface area (Å²) in [5, 5.41) is 3.46. The minimum atomic E-state index is -2.39. The monoisotopic (exact) mass is 387 g/mol. The second-order valence-corrected chi connectivity index (χ2v) is 7.31. The Balaban J connectivity index is 1.99. The molecule has 0 aromatic carbocycles. The van der Waals surface area contributed by atoms with E-state index in [1.807, 2.05) is 0 Å². The van der Waals surface area contributed by atoms with Crippen molar-refractivity contribution in [1.29, 1.82) is 0 Å². The molecule has 1 fully saturated rings. The van der Waals surface area contributed by atoms with Gasteiger partial charge in [0.05, 0.1) is 18.7 Å². The Morgan fingerprint density at radius 2 is 2.07 bits per heavy atom. The third-order valence-corrected chi connectivity index (χ3v) is 3.99. The van der Waals surface area contributed by atoms with E-state index in [4.69, 9.17) is 9.57 Å². The molecule has 0 unspecified atom stereocenters. The van der Waals surface area contributed by atoms with Crippen molar-refractivity contribution in [2.75, 3.05) is 19.7 Å². The highest BCUT2D eigenvalue weighted by Crippen LogP contribution is 2.30. The van der Waals surface area contributed by atoms with E-state index >= 15 is 0 Å². The molecule has 2 bridgehead atoms. The number of carbonyl (C=O) groups is 3. The molecule has 0 aliphatic carbocycles. The third-order valence-electron chi connectivity index (χ3n) is 3.99. The number of nitrogens with zero attached hydrogens (tertiary/aromatic N) is 2. The second-order valence-electron chi connectivity index (χ2n) is 7.31. The summed E-state index contributed by atoms with van der Waals surface area (Å²) in [5.41, 5.74) is 0.178. The zero-order valence-corrected chi connectivity index (χ0v) is 16.2. The largest absolute Gasteiger partial charge is 0.462 e. The maximum atomic E-state index is 13.9. The van der Waals surface area contributed by atoms with E-state index < -0.39 is 42.1 Å². The van der Waals surface area contributed by atoms with E-state index in [0.29, 0.717) is 0 Å². The van der Waals surface area contributed by atoms with Crippen LogP contribution in [0, 0.1) is 0 Å². The van der Waals surface area contributed by atoms with Crippen LogP contribution in [-0.4, -0.2) is 71.8 Å². The number of hydrogen-bond donors (Lipinski definition) is 1. The van der Waals surface area contributed by atoms with Crippen molar-refractivity contribution in [2.45, 2.75) is 58.7 Å². The first-order valence-electron chi connectivity index (χ1n) is 8.76. The normalized spacial score (nSPS) is 23.0. The van der Waals surface area contributed by atoms with Crippen LogP contribution in [0.15, 0.2) is 11.6 Å². The molecule has 27 heavy (non-hydrogen) atoms. The summed E-state index contributed by atoms with van der Waals surface area (Å²) in [4.78, 5) is 42.1. The van der Waals surface area contributed by atoms with Crippen LogP contribution in [0.1, 0.15) is 34.6 Å². The molecule has 2 aliphatic heterocycles. The van der Waals surface area contributed by atoms with E-state index in [1.54, 1.807) is 40.7 Å². The van der Waals surface area contributed by atoms with Crippen molar-refractivity contribution in [1.82, 2.24) is 15.3 Å². The molecule has 1 N–H and O–H groups in total. The molecule has 2 aliphatic rings. The molecule has 0 spiro atoms. The molecule has 2 heterocycles. The van der Waals surface area contributed by atoms with Gasteiger partial charge in [-0.05, 0) is 34.6 Å². The number of hydrogen-bond acceptors (Lipinski definition) is 6. The quantitative estimate of drug-likeness (QED) is 0.551. The fourth-order valence-electron chi connectivity index (χ4n) is 2.90. The first-order valence-corrected chi connectivity index (χ1v) is 8.76. The van der Waals surface area contributed by atoms with Gasteiger partial charge in [-0.1, -0.05) is 11.6 Å². The predicted octanol–water partition coefficient (Wildman–Crippen LogP) is 1.74. The number of carbonyl (C=O) groups excluding carboxylic acids is 3. The van der Waals surface area contributed by atoms with Crippen molar-refractivity contribution < 1.29 is 33.1 Å². The number of rotatable bonds is 6. The van der Waals surface area contributed by atoms with Gasteiger partial charge in [0.1, 0.15) is 5.60 Å². The summed E-state index contributed by atoms with van der Waals surface area (Å²) >= 11 is 0. The van der Waals surface area contributed by atoms with Crippen molar-refractivity contribution >= 4 is 18.1 Å². The molecule has 152 valence electrons. The lowest BCUT2D eigenvalue weighted by Crippen LogP contribution is -2.48. The van der Waals surface area contributed by atoms with E-state index in [9.17, 15) is 18.8 Å². The molecule has 9 nitrogen and oxygen atoms in total. The lowest BCUT2D eigenvalue weighted by atomic mass is 10.0. The predicted molar refractivity (Wildman–Crippen MR) is 92.1 cm³/mol. The average Bonchev–Trinajstić information content (AvgIpc) is 2.79. The first-order chi connectivity index (χ1) is 12.5. The Labute approximate surface area is 157 Å². The number of amides is 3. The number of esters is 1. The van der Waals surface area contributed by atoms with E-state index in [-0.39, 0.29) is 19.7 Å². The summed E-state index contributed by atoms with van der Waals surface area (Å²) in [6.07, 6.45) is -1.23. The van der Waals surface area contributed by atoms with Crippen molar-refractivity contribution in [3.63, 3.8) is 0 Å². The molecule has 0 aromatic rings. The summed E-state index contributed by atoms with van der Waals surface area (Å²) < 4.78 is 23.6. The number of halogens is 1. The third kappa shape index (κ3) is 5.09. The number of urea groups is 1. The smallest absolute Gasteiger partial charge is 0.407 e. The second kappa shape index (κ2) is 8.12. The Kier molecular flexibility index (Phi) is 6.30. The van der Waals surface area contributed by atoms with Gasteiger partial charge in [0.15, 0.2) is 0 Å². The molecule has 0 aromatic heterocycles. The number of ether oxygens (including phenoxy) is 2. The van der Waals surface area contributed by atoms with Crippen LogP contribution in [0.4, 0.5) is 14.0 Å². The molecule has 3 amide bonds. The number of alkyl carbamates (subject to hydrolysis) is 1. The fraction of sp³-hybridized carbons (Fsp3) is 0.706. The van der Waals surface area contributed by atoms with Crippen LogP contribution in [0.2, 0.25) is 0 Å². The molecule has 3 atom stereocenters. The van der Waals surface area contributed by atoms with E-state index in [0.717, 1.165) is 10.6 Å². The van der Waals surface area contributed by atoms with Gasteiger partial charge in [0.25, 0.3) is 0 Å². The Hall–Kier alpha value is -2.36. The van der Waals surface area contributed by atoms with Crippen molar-refractivity contribution in [2.24, 2.45) is 0 Å². The van der Waals surface area contributed by atoms with Crippen molar-refractivity contribution in [3.05, 3.63) is 11.6 Å². The lowest BCUT2D eigenvalue weighted by Gasteiger charge is -2.30.